The van der Waals surface area contributed by atoms with Crippen molar-refractivity contribution >= 4 is 17.4 Å². The molecule has 0 amide bonds. The number of carbonyl (C=O) groups is 1. The SMILES string of the molecule is CC.CC.CCc1c(C)c(C)cc2c1C(C)(c1ccc(C(=O)O)cc1)C(C)=N2. The summed E-state index contributed by atoms with van der Waals surface area (Å²) in [5.41, 5.74) is 8.43. The maximum Gasteiger partial charge on any atom is 0.335 e. The lowest BCUT2D eigenvalue weighted by Gasteiger charge is -2.30. The zero-order chi connectivity index (χ0) is 21.6. The van der Waals surface area contributed by atoms with E-state index in [4.69, 9.17) is 10.1 Å². The molecule has 0 saturated carbocycles. The Labute approximate surface area is 170 Å². The van der Waals surface area contributed by atoms with Gasteiger partial charge < -0.3 is 5.11 Å². The van der Waals surface area contributed by atoms with Crippen molar-refractivity contribution in [3.63, 3.8) is 0 Å². The third kappa shape index (κ3) is 3.89. The van der Waals surface area contributed by atoms with E-state index in [9.17, 15) is 4.79 Å². The summed E-state index contributed by atoms with van der Waals surface area (Å²) in [6, 6.07) is 9.38. The molecule has 152 valence electrons. The maximum atomic E-state index is 11.1. The predicted molar refractivity (Wildman–Crippen MR) is 121 cm³/mol. The molecule has 3 heteroatoms. The highest BCUT2D eigenvalue weighted by Gasteiger charge is 2.40. The van der Waals surface area contributed by atoms with Gasteiger partial charge in [0.25, 0.3) is 0 Å². The summed E-state index contributed by atoms with van der Waals surface area (Å²) in [6.45, 7) is 18.8. The molecular formula is C25H35NO2. The van der Waals surface area contributed by atoms with Crippen LogP contribution in [0.1, 0.15) is 86.6 Å². The standard InChI is InChI=1S/C21H23NO2.2C2H6/c1-6-17-13(3)12(2)11-18-19(17)21(5,14(4)22-18)16-9-7-15(8-10-16)20(23)24;2*1-2/h7-11H,6H2,1-5H3,(H,23,24);2*1-2H3. The lowest BCUT2D eigenvalue weighted by molar-refractivity contribution is 0.0697. The van der Waals surface area contributed by atoms with Crippen molar-refractivity contribution in [1.29, 1.82) is 0 Å². The molecular weight excluding hydrogens is 346 g/mol. The van der Waals surface area contributed by atoms with Gasteiger partial charge in [0.15, 0.2) is 0 Å². The van der Waals surface area contributed by atoms with Gasteiger partial charge in [0, 0.05) is 5.71 Å². The first-order valence-corrected chi connectivity index (χ1v) is 10.3. The van der Waals surface area contributed by atoms with E-state index in [-0.39, 0.29) is 5.41 Å². The summed E-state index contributed by atoms with van der Waals surface area (Å²) in [4.78, 5) is 16.0. The summed E-state index contributed by atoms with van der Waals surface area (Å²) in [5, 5.41) is 9.14. The highest BCUT2D eigenvalue weighted by molar-refractivity contribution is 6.03. The van der Waals surface area contributed by atoms with E-state index in [0.717, 1.165) is 23.4 Å². The fraction of sp³-hybridized carbons (Fsp3) is 0.440. The third-order valence-corrected chi connectivity index (χ3v) is 5.53. The number of aliphatic imine (C=N–C) groups is 1. The van der Waals surface area contributed by atoms with Gasteiger partial charge in [-0.15, -0.1) is 0 Å². The fourth-order valence-electron chi connectivity index (χ4n) is 3.83. The molecule has 1 heterocycles. The van der Waals surface area contributed by atoms with Gasteiger partial charge in [-0.1, -0.05) is 46.8 Å². The quantitative estimate of drug-likeness (QED) is 0.620. The number of nitrogens with zero attached hydrogens (tertiary/aromatic N) is 1. The molecule has 0 aromatic heterocycles. The predicted octanol–water partition coefficient (Wildman–Crippen LogP) is 7.03. The van der Waals surface area contributed by atoms with Crippen molar-refractivity contribution in [1.82, 2.24) is 0 Å². The summed E-state index contributed by atoms with van der Waals surface area (Å²) in [7, 11) is 0. The number of aryl methyl sites for hydroxylation is 1. The topological polar surface area (TPSA) is 49.7 Å². The molecule has 3 rings (SSSR count). The highest BCUT2D eigenvalue weighted by atomic mass is 16.4. The van der Waals surface area contributed by atoms with Gasteiger partial charge in [-0.2, -0.15) is 0 Å². The molecule has 0 radical (unpaired) electrons. The molecule has 2 aromatic rings. The molecule has 3 nitrogen and oxygen atoms in total. The van der Waals surface area contributed by atoms with Crippen LogP contribution in [0.3, 0.4) is 0 Å². The molecule has 0 spiro atoms. The highest BCUT2D eigenvalue weighted by Crippen LogP contribution is 2.48. The molecule has 0 saturated heterocycles. The Morgan fingerprint density at radius 3 is 2.04 bits per heavy atom. The van der Waals surface area contributed by atoms with Crippen LogP contribution in [0.15, 0.2) is 35.3 Å². The monoisotopic (exact) mass is 381 g/mol. The van der Waals surface area contributed by atoms with E-state index >= 15 is 0 Å². The van der Waals surface area contributed by atoms with Gasteiger partial charge in [0.05, 0.1) is 16.7 Å². The van der Waals surface area contributed by atoms with Crippen LogP contribution in [-0.2, 0) is 11.8 Å². The van der Waals surface area contributed by atoms with E-state index in [1.54, 1.807) is 12.1 Å². The van der Waals surface area contributed by atoms with Crippen molar-refractivity contribution in [2.24, 2.45) is 4.99 Å². The van der Waals surface area contributed by atoms with Crippen LogP contribution in [0.2, 0.25) is 0 Å². The second-order valence-electron chi connectivity index (χ2n) is 6.75. The number of benzene rings is 2. The molecule has 1 aliphatic heterocycles. The Morgan fingerprint density at radius 2 is 1.57 bits per heavy atom. The number of carboxylic acids is 1. The third-order valence-electron chi connectivity index (χ3n) is 5.53. The van der Waals surface area contributed by atoms with Crippen LogP contribution in [0, 0.1) is 13.8 Å². The summed E-state index contributed by atoms with van der Waals surface area (Å²) >= 11 is 0. The van der Waals surface area contributed by atoms with Crippen molar-refractivity contribution in [2.45, 2.75) is 74.1 Å². The van der Waals surface area contributed by atoms with Crippen molar-refractivity contribution in [3.8, 4) is 0 Å². The molecule has 28 heavy (non-hydrogen) atoms. The Bertz CT molecular complexity index is 863. The normalized spacial score (nSPS) is 16.8. The lowest BCUT2D eigenvalue weighted by atomic mass is 9.71. The minimum atomic E-state index is -0.898. The average molecular weight is 382 g/mol. The fourth-order valence-corrected chi connectivity index (χ4v) is 3.83. The van der Waals surface area contributed by atoms with E-state index in [2.05, 4.69) is 40.7 Å². The first-order valence-electron chi connectivity index (χ1n) is 10.3. The average Bonchev–Trinajstić information content (AvgIpc) is 2.97. The van der Waals surface area contributed by atoms with E-state index in [0.29, 0.717) is 5.56 Å². The van der Waals surface area contributed by atoms with Crippen LogP contribution < -0.4 is 0 Å². The van der Waals surface area contributed by atoms with E-state index in [1.807, 2.05) is 39.8 Å². The second kappa shape index (κ2) is 9.68. The van der Waals surface area contributed by atoms with Crippen molar-refractivity contribution < 1.29 is 9.90 Å². The summed E-state index contributed by atoms with van der Waals surface area (Å²) in [6.07, 6.45) is 0.960. The zero-order valence-electron chi connectivity index (χ0n) is 18.9. The van der Waals surface area contributed by atoms with Gasteiger partial charge in [-0.05, 0) is 80.1 Å². The van der Waals surface area contributed by atoms with Gasteiger partial charge in [-0.3, -0.25) is 4.99 Å². The van der Waals surface area contributed by atoms with Crippen molar-refractivity contribution in [3.05, 3.63) is 63.7 Å². The Kier molecular flexibility index (Phi) is 8.16. The van der Waals surface area contributed by atoms with E-state index < -0.39 is 5.97 Å². The smallest absolute Gasteiger partial charge is 0.335 e. The second-order valence-corrected chi connectivity index (χ2v) is 6.75. The zero-order valence-corrected chi connectivity index (χ0v) is 18.9. The molecule has 2 aromatic carbocycles. The van der Waals surface area contributed by atoms with Crippen LogP contribution >= 0.6 is 0 Å². The molecule has 1 aliphatic rings. The number of hydrogen-bond donors (Lipinski definition) is 1. The summed E-state index contributed by atoms with van der Waals surface area (Å²) in [5.74, 6) is -0.898. The minimum absolute atomic E-state index is 0.309. The number of hydrogen-bond acceptors (Lipinski definition) is 2. The van der Waals surface area contributed by atoms with E-state index in [1.165, 1.54) is 22.3 Å². The number of carboxylic acid groups (broad SMARTS) is 1. The van der Waals surface area contributed by atoms with Gasteiger partial charge in [0.1, 0.15) is 0 Å². The molecule has 0 bridgehead atoms. The maximum absolute atomic E-state index is 11.1. The lowest BCUT2D eigenvalue weighted by Crippen LogP contribution is -2.30. The number of aromatic carboxylic acids is 1. The van der Waals surface area contributed by atoms with Crippen molar-refractivity contribution in [2.75, 3.05) is 0 Å². The van der Waals surface area contributed by atoms with Gasteiger partial charge in [0.2, 0.25) is 0 Å². The molecule has 1 unspecified atom stereocenters. The molecule has 0 fully saturated rings. The van der Waals surface area contributed by atoms with Gasteiger partial charge >= 0.3 is 5.97 Å². The molecule has 1 atom stereocenters. The van der Waals surface area contributed by atoms with Gasteiger partial charge in [-0.25, -0.2) is 4.79 Å². The summed E-state index contributed by atoms with van der Waals surface area (Å²) < 4.78 is 0. The first-order chi connectivity index (χ1) is 13.3. The Balaban J connectivity index is 0.000000921. The minimum Gasteiger partial charge on any atom is -0.478 e. The largest absolute Gasteiger partial charge is 0.478 e. The Morgan fingerprint density at radius 1 is 1.04 bits per heavy atom. The van der Waals surface area contributed by atoms with Crippen LogP contribution in [-0.4, -0.2) is 16.8 Å². The first kappa shape index (κ1) is 23.6. The number of rotatable bonds is 3. The molecule has 0 aliphatic carbocycles. The van der Waals surface area contributed by atoms with Crippen LogP contribution in [0.5, 0.6) is 0 Å². The number of fused-ring (bicyclic) bond motifs is 1. The van der Waals surface area contributed by atoms with Crippen LogP contribution in [0.4, 0.5) is 5.69 Å². The Hall–Kier alpha value is -2.42. The molecule has 1 N–H and O–H groups in total. The van der Waals surface area contributed by atoms with Crippen LogP contribution in [0.25, 0.3) is 0 Å².